The van der Waals surface area contributed by atoms with Gasteiger partial charge < -0.3 is 41.3 Å². The molecule has 3 amide bonds. The Balaban J connectivity index is 0.00000552. The molecule has 4 rings (SSSR count). The molecule has 0 saturated carbocycles. The van der Waals surface area contributed by atoms with Crippen LogP contribution in [0.1, 0.15) is 78.4 Å². The lowest BCUT2D eigenvalue weighted by atomic mass is 9.88. The molecule has 2 atom stereocenters. The van der Waals surface area contributed by atoms with Crippen molar-refractivity contribution in [3.63, 3.8) is 0 Å². The average molecular weight is 611 g/mol. The summed E-state index contributed by atoms with van der Waals surface area (Å²) in [5.74, 6) is -0.269. The number of rotatable bonds is 12. The number of nitrogens with two attached hydrogens (primary N) is 1. The van der Waals surface area contributed by atoms with Crippen molar-refractivity contribution in [2.45, 2.75) is 83.4 Å². The standard InChI is InChI=1S/C32H48N8O4.H2/c1-31(2,3)44-28(41)24(12-8-9-13-33)37-29(42)32(4,5)26-20-36-27(39-26)25(38-30(43)40-16-14-34-15-17-40)18-21-19-35-23-11-7-6-10-22(21)23;/h6-7,10-11,19-20,24-25,34-35H,8-9,12-18,33H2,1-5H3,(H,36,39)(H,37,42)(H,38,43);1H/t24-,25-;/m1./s1. The number of aromatic amines is 2. The van der Waals surface area contributed by atoms with Crippen LogP contribution in [0.15, 0.2) is 36.7 Å². The van der Waals surface area contributed by atoms with Gasteiger partial charge in [-0.05, 0) is 72.1 Å². The van der Waals surface area contributed by atoms with Crippen molar-refractivity contribution in [1.82, 2.24) is 35.8 Å². The number of H-pyrrole nitrogens is 2. The molecule has 1 fully saturated rings. The van der Waals surface area contributed by atoms with E-state index in [0.29, 0.717) is 50.4 Å². The number of esters is 1. The van der Waals surface area contributed by atoms with Crippen LogP contribution in [0.3, 0.4) is 0 Å². The first-order chi connectivity index (χ1) is 20.9. The van der Waals surface area contributed by atoms with Crippen molar-refractivity contribution in [2.75, 3.05) is 32.7 Å². The summed E-state index contributed by atoms with van der Waals surface area (Å²) in [5.41, 5.74) is 6.53. The molecule has 7 N–H and O–H groups in total. The number of fused-ring (bicyclic) bond motifs is 1. The first-order valence-corrected chi connectivity index (χ1v) is 15.5. The van der Waals surface area contributed by atoms with Gasteiger partial charge in [-0.15, -0.1) is 0 Å². The second-order valence-corrected chi connectivity index (χ2v) is 13.0. The van der Waals surface area contributed by atoms with Gasteiger partial charge >= 0.3 is 12.0 Å². The number of urea groups is 1. The van der Waals surface area contributed by atoms with Crippen LogP contribution in [-0.4, -0.2) is 82.1 Å². The monoisotopic (exact) mass is 610 g/mol. The van der Waals surface area contributed by atoms with E-state index in [1.54, 1.807) is 45.7 Å². The maximum absolute atomic E-state index is 13.7. The van der Waals surface area contributed by atoms with Crippen LogP contribution in [-0.2, 0) is 26.2 Å². The molecule has 0 radical (unpaired) electrons. The van der Waals surface area contributed by atoms with E-state index in [9.17, 15) is 14.4 Å². The van der Waals surface area contributed by atoms with Gasteiger partial charge in [0.15, 0.2) is 0 Å². The Bertz CT molecular complexity index is 1420. The highest BCUT2D eigenvalue weighted by molar-refractivity contribution is 5.91. The lowest BCUT2D eigenvalue weighted by Crippen LogP contribution is -2.51. The summed E-state index contributed by atoms with van der Waals surface area (Å²) < 4.78 is 5.60. The van der Waals surface area contributed by atoms with Crippen molar-refractivity contribution >= 4 is 28.8 Å². The Morgan fingerprint density at radius 2 is 1.82 bits per heavy atom. The normalized spacial score (nSPS) is 15.5. The van der Waals surface area contributed by atoms with E-state index in [1.165, 1.54) is 0 Å². The number of hydrogen-bond donors (Lipinski definition) is 6. The van der Waals surface area contributed by atoms with E-state index < -0.39 is 29.1 Å². The minimum Gasteiger partial charge on any atom is -0.458 e. The Labute approximate surface area is 260 Å². The molecule has 0 spiro atoms. The van der Waals surface area contributed by atoms with Crippen LogP contribution in [0.2, 0.25) is 0 Å². The molecule has 0 bridgehead atoms. The fourth-order valence-corrected chi connectivity index (χ4v) is 5.25. The molecule has 1 saturated heterocycles. The first kappa shape index (κ1) is 33.0. The van der Waals surface area contributed by atoms with Crippen molar-refractivity contribution in [3.05, 3.63) is 53.7 Å². The molecule has 0 unspecified atom stereocenters. The maximum atomic E-state index is 13.7. The number of unbranched alkanes of at least 4 members (excludes halogenated alkanes) is 1. The van der Waals surface area contributed by atoms with Gasteiger partial charge in [-0.25, -0.2) is 14.6 Å². The Morgan fingerprint density at radius 1 is 1.09 bits per heavy atom. The third-order valence-corrected chi connectivity index (χ3v) is 7.91. The number of amides is 3. The van der Waals surface area contributed by atoms with Crippen LogP contribution in [0.5, 0.6) is 0 Å². The number of benzene rings is 1. The van der Waals surface area contributed by atoms with Crippen LogP contribution < -0.4 is 21.7 Å². The highest BCUT2D eigenvalue weighted by Crippen LogP contribution is 2.27. The predicted octanol–water partition coefficient (Wildman–Crippen LogP) is 3.27. The van der Waals surface area contributed by atoms with Gasteiger partial charge in [0.05, 0.1) is 11.5 Å². The van der Waals surface area contributed by atoms with Crippen LogP contribution in [0.4, 0.5) is 4.79 Å². The highest BCUT2D eigenvalue weighted by Gasteiger charge is 2.36. The van der Waals surface area contributed by atoms with E-state index in [-0.39, 0.29) is 13.4 Å². The number of hydrogen-bond acceptors (Lipinski definition) is 7. The number of carbonyl (C=O) groups is 3. The molecule has 12 heteroatoms. The molecule has 0 aliphatic carbocycles. The molecule has 242 valence electrons. The average Bonchev–Trinajstić information content (AvgIpc) is 3.64. The highest BCUT2D eigenvalue weighted by atomic mass is 16.6. The van der Waals surface area contributed by atoms with Gasteiger partial charge in [0.25, 0.3) is 0 Å². The molecular formula is C32H50N8O4. The molecular weight excluding hydrogens is 560 g/mol. The third kappa shape index (κ3) is 8.38. The number of aromatic nitrogens is 3. The zero-order chi connectivity index (χ0) is 31.9. The smallest absolute Gasteiger partial charge is 0.329 e. The number of piperazine rings is 1. The molecule has 3 aromatic rings. The fraction of sp³-hybridized carbons (Fsp3) is 0.562. The number of nitrogens with one attached hydrogen (secondary N) is 5. The summed E-state index contributed by atoms with van der Waals surface area (Å²) in [4.78, 5) is 53.0. The SMILES string of the molecule is CC(C)(C)OC(=O)[C@@H](CCCCN)NC(=O)C(C)(C)c1cnc([C@@H](Cc2c[nH]c3ccccc23)NC(=O)N2CCNCC2)[nH]1.[HH]. The summed E-state index contributed by atoms with van der Waals surface area (Å²) in [6.07, 6.45) is 5.91. The van der Waals surface area contributed by atoms with Gasteiger partial charge in [0.2, 0.25) is 5.91 Å². The molecule has 1 aliphatic rings. The van der Waals surface area contributed by atoms with Crippen LogP contribution in [0.25, 0.3) is 10.9 Å². The summed E-state index contributed by atoms with van der Waals surface area (Å²) in [6, 6.07) is 6.58. The summed E-state index contributed by atoms with van der Waals surface area (Å²) >= 11 is 0. The van der Waals surface area contributed by atoms with E-state index in [0.717, 1.165) is 36.0 Å². The fourth-order valence-electron chi connectivity index (χ4n) is 5.25. The topological polar surface area (TPSA) is 170 Å². The minimum absolute atomic E-state index is 0. The molecule has 2 aromatic heterocycles. The number of ether oxygens (including phenoxy) is 1. The maximum Gasteiger partial charge on any atom is 0.329 e. The van der Waals surface area contributed by atoms with E-state index in [1.807, 2.05) is 30.5 Å². The lowest BCUT2D eigenvalue weighted by Gasteiger charge is -2.29. The van der Waals surface area contributed by atoms with Gasteiger partial charge in [0.1, 0.15) is 17.5 Å². The van der Waals surface area contributed by atoms with Crippen LogP contribution in [0, 0.1) is 0 Å². The van der Waals surface area contributed by atoms with Crippen molar-refractivity contribution in [2.24, 2.45) is 5.73 Å². The van der Waals surface area contributed by atoms with E-state index in [2.05, 4.69) is 30.9 Å². The van der Waals surface area contributed by atoms with Gasteiger partial charge in [0, 0.05) is 63.0 Å². The first-order valence-electron chi connectivity index (χ1n) is 15.5. The summed E-state index contributed by atoms with van der Waals surface area (Å²) in [7, 11) is 0. The summed E-state index contributed by atoms with van der Waals surface area (Å²) in [6.45, 7) is 12.2. The second-order valence-electron chi connectivity index (χ2n) is 13.0. The quantitative estimate of drug-likeness (QED) is 0.135. The van der Waals surface area contributed by atoms with Crippen molar-refractivity contribution in [1.29, 1.82) is 0 Å². The van der Waals surface area contributed by atoms with Gasteiger partial charge in [-0.3, -0.25) is 4.79 Å². The number of imidazole rings is 1. The summed E-state index contributed by atoms with van der Waals surface area (Å²) in [5, 5.41) is 10.4. The molecule has 12 nitrogen and oxygen atoms in total. The molecule has 3 heterocycles. The predicted molar refractivity (Wildman–Crippen MR) is 172 cm³/mol. The number of nitrogens with zero attached hydrogens (tertiary/aromatic N) is 2. The zero-order valence-electron chi connectivity index (χ0n) is 26.6. The van der Waals surface area contributed by atoms with Gasteiger partial charge in [-0.2, -0.15) is 0 Å². The van der Waals surface area contributed by atoms with E-state index >= 15 is 0 Å². The second kappa shape index (κ2) is 14.3. The van der Waals surface area contributed by atoms with Crippen molar-refractivity contribution in [3.8, 4) is 0 Å². The minimum atomic E-state index is -1.06. The Hall–Kier alpha value is -3.90. The lowest BCUT2D eigenvalue weighted by molar-refractivity contribution is -0.159. The Morgan fingerprint density at radius 3 is 2.52 bits per heavy atom. The molecule has 44 heavy (non-hydrogen) atoms. The third-order valence-electron chi connectivity index (χ3n) is 7.91. The zero-order valence-corrected chi connectivity index (χ0v) is 26.6. The molecule has 1 aliphatic heterocycles. The van der Waals surface area contributed by atoms with Crippen molar-refractivity contribution < 1.29 is 20.5 Å². The Kier molecular flexibility index (Phi) is 10.7. The number of carbonyl (C=O) groups excluding carboxylic acids is 3. The van der Waals surface area contributed by atoms with E-state index in [4.69, 9.17) is 10.5 Å². The number of para-hydroxylation sites is 1. The molecule has 1 aromatic carbocycles. The van der Waals surface area contributed by atoms with Crippen LogP contribution >= 0.6 is 0 Å². The van der Waals surface area contributed by atoms with Gasteiger partial charge in [-0.1, -0.05) is 18.2 Å². The largest absolute Gasteiger partial charge is 0.458 e.